The van der Waals surface area contributed by atoms with Crippen LogP contribution < -0.4 is 15.5 Å². The summed E-state index contributed by atoms with van der Waals surface area (Å²) in [5.74, 6) is -3.70. The minimum Gasteiger partial charge on any atom is -0.451 e. The van der Waals surface area contributed by atoms with Gasteiger partial charge >= 0.3 is 6.16 Å². The van der Waals surface area contributed by atoms with Gasteiger partial charge in [-0.2, -0.15) is 0 Å². The van der Waals surface area contributed by atoms with Crippen LogP contribution in [0.4, 0.5) is 13.6 Å². The summed E-state index contributed by atoms with van der Waals surface area (Å²) in [4.78, 5) is 51.7. The summed E-state index contributed by atoms with van der Waals surface area (Å²) < 4.78 is 47.6. The van der Waals surface area contributed by atoms with Crippen LogP contribution in [-0.4, -0.2) is 53.1 Å². The molecule has 1 saturated heterocycles. The number of pyridine rings is 1. The Morgan fingerprint density at radius 1 is 1.29 bits per heavy atom. The molecule has 2 aliphatic heterocycles. The van der Waals surface area contributed by atoms with Crippen molar-refractivity contribution in [1.29, 1.82) is 0 Å². The number of fused-ring (bicyclic) bond motifs is 2. The highest BCUT2D eigenvalue weighted by Crippen LogP contribution is 2.30. The van der Waals surface area contributed by atoms with Gasteiger partial charge in [-0.15, -0.1) is 0 Å². The molecule has 0 radical (unpaired) electrons. The first kappa shape index (κ1) is 24.4. The predicted molar refractivity (Wildman–Crippen MR) is 113 cm³/mol. The van der Waals surface area contributed by atoms with Crippen molar-refractivity contribution in [3.8, 4) is 5.75 Å². The first-order chi connectivity index (χ1) is 16.7. The lowest BCUT2D eigenvalue weighted by molar-refractivity contribution is 0.00417. The molecule has 1 aromatic heterocycles. The molecule has 0 saturated carbocycles. The average Bonchev–Trinajstić information content (AvgIpc) is 3.20. The number of hydrogen-bond donors (Lipinski definition) is 1. The van der Waals surface area contributed by atoms with Gasteiger partial charge in [0.2, 0.25) is 18.0 Å². The van der Waals surface area contributed by atoms with E-state index in [4.69, 9.17) is 21.3 Å². The SMILES string of the molecule is C[C@H]1CO[C@@H]2Cn3cc(C(=O)NCc4ccc(F)cc4F)c(=O)c(OCOC(=O)OCl)c3C(=O)N12. The first-order valence-corrected chi connectivity index (χ1v) is 10.5. The van der Waals surface area contributed by atoms with Crippen molar-refractivity contribution in [3.05, 3.63) is 63.1 Å². The molecule has 3 heterocycles. The lowest BCUT2D eigenvalue weighted by atomic mass is 10.1. The standard InChI is InChI=1S/C21H18ClF2N3O8/c1-10-8-32-15-7-26-6-13(19(29)25-5-11-2-3-12(23)4-14(11)24)17(28)18(16(26)20(30)27(10)15)33-9-34-21(31)35-22/h2-4,6,10,15H,5,7-9H2,1H3,(H,25,29)/t10-,15+/m0/s1. The molecule has 11 nitrogen and oxygen atoms in total. The lowest BCUT2D eigenvalue weighted by Gasteiger charge is -2.34. The minimum absolute atomic E-state index is 0.0126. The molecular formula is C21H18ClF2N3O8. The van der Waals surface area contributed by atoms with Crippen LogP contribution in [0.15, 0.2) is 29.2 Å². The number of rotatable bonds is 6. The Kier molecular flexibility index (Phi) is 6.89. The number of nitrogens with one attached hydrogen (secondary N) is 1. The summed E-state index contributed by atoms with van der Waals surface area (Å²) in [6.07, 6.45) is -0.785. The van der Waals surface area contributed by atoms with E-state index in [1.165, 1.54) is 9.47 Å². The van der Waals surface area contributed by atoms with Crippen LogP contribution in [0.25, 0.3) is 0 Å². The molecule has 0 unspecified atom stereocenters. The Balaban J connectivity index is 1.67. The first-order valence-electron chi connectivity index (χ1n) is 10.2. The summed E-state index contributed by atoms with van der Waals surface area (Å²) >= 11 is 4.88. The third-order valence-electron chi connectivity index (χ3n) is 5.49. The Hall–Kier alpha value is -3.71. The summed E-state index contributed by atoms with van der Waals surface area (Å²) in [5, 5.41) is 2.38. The number of carbonyl (C=O) groups excluding carboxylic acids is 3. The number of halogens is 3. The monoisotopic (exact) mass is 513 g/mol. The molecule has 2 atom stereocenters. The van der Waals surface area contributed by atoms with Crippen molar-refractivity contribution in [2.45, 2.75) is 32.3 Å². The van der Waals surface area contributed by atoms with E-state index in [-0.39, 0.29) is 37.0 Å². The number of nitrogens with zero attached hydrogens (tertiary/aromatic N) is 2. The van der Waals surface area contributed by atoms with Crippen LogP contribution in [0.3, 0.4) is 0 Å². The fourth-order valence-corrected chi connectivity index (χ4v) is 3.89. The van der Waals surface area contributed by atoms with E-state index in [1.807, 2.05) is 0 Å². The van der Waals surface area contributed by atoms with Gasteiger partial charge in [-0.25, -0.2) is 13.6 Å². The maximum atomic E-state index is 13.9. The lowest BCUT2D eigenvalue weighted by Crippen LogP contribution is -2.49. The second-order valence-electron chi connectivity index (χ2n) is 7.70. The van der Waals surface area contributed by atoms with Gasteiger partial charge in [-0.1, -0.05) is 6.07 Å². The fourth-order valence-electron chi connectivity index (χ4n) is 3.85. The van der Waals surface area contributed by atoms with Crippen molar-refractivity contribution in [1.82, 2.24) is 14.8 Å². The number of benzene rings is 1. The van der Waals surface area contributed by atoms with E-state index in [9.17, 15) is 28.0 Å². The highest BCUT2D eigenvalue weighted by molar-refractivity contribution is 6.12. The normalized spacial score (nSPS) is 18.5. The Morgan fingerprint density at radius 3 is 2.77 bits per heavy atom. The van der Waals surface area contributed by atoms with Crippen LogP contribution in [0.5, 0.6) is 5.75 Å². The zero-order chi connectivity index (χ0) is 25.3. The maximum absolute atomic E-state index is 13.9. The topological polar surface area (TPSA) is 125 Å². The molecule has 0 bridgehead atoms. The van der Waals surface area contributed by atoms with Crippen molar-refractivity contribution >= 4 is 29.8 Å². The molecule has 1 N–H and O–H groups in total. The summed E-state index contributed by atoms with van der Waals surface area (Å²) in [7, 11) is 0. The molecule has 4 rings (SSSR count). The van der Waals surface area contributed by atoms with Crippen LogP contribution >= 0.6 is 11.9 Å². The molecular weight excluding hydrogens is 496 g/mol. The predicted octanol–water partition coefficient (Wildman–Crippen LogP) is 1.90. The number of hydrogen-bond acceptors (Lipinski definition) is 8. The molecule has 1 aromatic carbocycles. The van der Waals surface area contributed by atoms with Crippen LogP contribution in [0.1, 0.15) is 33.3 Å². The Labute approximate surface area is 201 Å². The number of aromatic nitrogens is 1. The molecule has 2 aliphatic rings. The van der Waals surface area contributed by atoms with Gasteiger partial charge in [0.25, 0.3) is 11.8 Å². The Bertz CT molecular complexity index is 1250. The van der Waals surface area contributed by atoms with E-state index < -0.39 is 59.4 Å². The smallest absolute Gasteiger partial charge is 0.451 e. The molecule has 0 spiro atoms. The molecule has 14 heteroatoms. The highest BCUT2D eigenvalue weighted by Gasteiger charge is 2.43. The van der Waals surface area contributed by atoms with Crippen molar-refractivity contribution in [3.63, 3.8) is 0 Å². The van der Waals surface area contributed by atoms with Gasteiger partial charge in [0.1, 0.15) is 29.1 Å². The van der Waals surface area contributed by atoms with Gasteiger partial charge in [0.05, 0.1) is 19.2 Å². The van der Waals surface area contributed by atoms with Gasteiger partial charge < -0.3 is 33.3 Å². The third kappa shape index (κ3) is 4.77. The molecule has 2 aromatic rings. The van der Waals surface area contributed by atoms with E-state index in [2.05, 4.69) is 14.3 Å². The van der Waals surface area contributed by atoms with Crippen molar-refractivity contribution < 1.29 is 41.7 Å². The summed E-state index contributed by atoms with van der Waals surface area (Å²) in [6, 6.07) is 2.56. The zero-order valence-corrected chi connectivity index (χ0v) is 18.8. The van der Waals surface area contributed by atoms with E-state index in [0.717, 1.165) is 18.3 Å². The van der Waals surface area contributed by atoms with E-state index >= 15 is 0 Å². The van der Waals surface area contributed by atoms with E-state index in [1.54, 1.807) is 6.92 Å². The molecule has 1 fully saturated rings. The second kappa shape index (κ2) is 9.88. The number of carbonyl (C=O) groups is 3. The number of amides is 2. The zero-order valence-electron chi connectivity index (χ0n) is 18.1. The summed E-state index contributed by atoms with van der Waals surface area (Å²) in [5.41, 5.74) is -1.59. The van der Waals surface area contributed by atoms with E-state index in [0.29, 0.717) is 6.07 Å². The minimum atomic E-state index is -1.32. The average molecular weight is 514 g/mol. The van der Waals surface area contributed by atoms with Gasteiger partial charge in [0, 0.05) is 24.4 Å². The van der Waals surface area contributed by atoms with Crippen LogP contribution in [0, 0.1) is 11.6 Å². The Morgan fingerprint density at radius 2 is 2.06 bits per heavy atom. The highest BCUT2D eigenvalue weighted by atomic mass is 35.5. The van der Waals surface area contributed by atoms with Gasteiger partial charge in [0.15, 0.2) is 11.9 Å². The fraction of sp³-hybridized carbons (Fsp3) is 0.333. The quantitative estimate of drug-likeness (QED) is 0.458. The van der Waals surface area contributed by atoms with Crippen molar-refractivity contribution in [2.24, 2.45) is 0 Å². The molecule has 35 heavy (non-hydrogen) atoms. The molecule has 2 amide bonds. The third-order valence-corrected chi connectivity index (χ3v) is 5.61. The molecule has 0 aliphatic carbocycles. The van der Waals surface area contributed by atoms with Crippen LogP contribution in [-0.2, 0) is 26.9 Å². The van der Waals surface area contributed by atoms with Gasteiger partial charge in [-0.3, -0.25) is 14.4 Å². The van der Waals surface area contributed by atoms with Crippen molar-refractivity contribution in [2.75, 3.05) is 13.4 Å². The summed E-state index contributed by atoms with van der Waals surface area (Å²) in [6.45, 7) is 0.930. The maximum Gasteiger partial charge on any atom is 0.529 e. The van der Waals surface area contributed by atoms with Gasteiger partial charge in [-0.05, 0) is 13.0 Å². The van der Waals surface area contributed by atoms with Crippen LogP contribution in [0.2, 0.25) is 0 Å². The second-order valence-corrected chi connectivity index (χ2v) is 7.86. The largest absolute Gasteiger partial charge is 0.529 e. The molecule has 186 valence electrons. The number of ether oxygens (including phenoxy) is 3.